The van der Waals surface area contributed by atoms with Crippen molar-refractivity contribution in [2.75, 3.05) is 5.32 Å². The molecule has 2 aliphatic rings. The Balaban J connectivity index is 1.62. The molecule has 1 aromatic heterocycles. The van der Waals surface area contributed by atoms with E-state index in [2.05, 4.69) is 43.6 Å². The maximum atomic E-state index is 12.4. The normalized spacial score (nSPS) is 16.0. The number of aromatic nitrogens is 2. The Kier molecular flexibility index (Phi) is 2.82. The third-order valence-corrected chi connectivity index (χ3v) is 5.09. The fourth-order valence-corrected chi connectivity index (χ4v) is 3.81. The van der Waals surface area contributed by atoms with E-state index in [1.54, 1.807) is 0 Å². The number of hydrogen-bond donors (Lipinski definition) is 2. The lowest BCUT2D eigenvalue weighted by atomic mass is 10.0. The van der Waals surface area contributed by atoms with Crippen LogP contribution in [0.3, 0.4) is 0 Å². The number of nitrogens with one attached hydrogen (secondary N) is 2. The van der Waals surface area contributed by atoms with Crippen LogP contribution < -0.4 is 5.32 Å². The fraction of sp³-hybridized carbons (Fsp3) is 0.0526. The summed E-state index contributed by atoms with van der Waals surface area (Å²) in [5.74, 6) is -0.0815. The standard InChI is InChI=1S/C19H12BrN3O/c20-11-5-6-13-14(19(24)21-16(13)8-11)9-17-15-7-10-3-1-2-4-12(10)18(15)23-22-17/h1-6,8-9H,7H2,(H,21,24)(H,22,23)/b14-9-. The van der Waals surface area contributed by atoms with Crippen molar-refractivity contribution >= 4 is 39.2 Å². The van der Waals surface area contributed by atoms with Crippen LogP contribution in [0, 0.1) is 0 Å². The number of nitrogens with zero attached hydrogens (tertiary/aromatic N) is 1. The smallest absolute Gasteiger partial charge is 0.256 e. The van der Waals surface area contributed by atoms with Gasteiger partial charge in [0.1, 0.15) is 0 Å². The van der Waals surface area contributed by atoms with E-state index in [1.807, 2.05) is 36.4 Å². The van der Waals surface area contributed by atoms with Crippen molar-refractivity contribution in [3.63, 3.8) is 0 Å². The lowest BCUT2D eigenvalue weighted by Gasteiger charge is -1.99. The Morgan fingerprint density at radius 3 is 2.92 bits per heavy atom. The minimum atomic E-state index is -0.0815. The van der Waals surface area contributed by atoms with Crippen LogP contribution >= 0.6 is 15.9 Å². The van der Waals surface area contributed by atoms with Gasteiger partial charge in [0, 0.05) is 27.6 Å². The SMILES string of the molecule is O=C1Nc2cc(Br)ccc2/C1=C/c1[nH]nc2c1Cc1ccccc1-2. The number of halogens is 1. The average molecular weight is 378 g/mol. The highest BCUT2D eigenvalue weighted by Crippen LogP contribution is 2.39. The maximum absolute atomic E-state index is 12.4. The summed E-state index contributed by atoms with van der Waals surface area (Å²) in [5.41, 5.74) is 7.93. The van der Waals surface area contributed by atoms with Crippen LogP contribution in [0.2, 0.25) is 0 Å². The summed E-state index contributed by atoms with van der Waals surface area (Å²) in [5, 5.41) is 10.5. The van der Waals surface area contributed by atoms with Gasteiger partial charge in [-0.2, -0.15) is 5.10 Å². The van der Waals surface area contributed by atoms with Gasteiger partial charge in [-0.05, 0) is 23.8 Å². The largest absolute Gasteiger partial charge is 0.321 e. The van der Waals surface area contributed by atoms with Gasteiger partial charge in [0.15, 0.2) is 0 Å². The second-order valence-corrected chi connectivity index (χ2v) is 6.92. The summed E-state index contributed by atoms with van der Waals surface area (Å²) in [7, 11) is 0. The van der Waals surface area contributed by atoms with E-state index in [0.717, 1.165) is 39.1 Å². The lowest BCUT2D eigenvalue weighted by Crippen LogP contribution is -2.03. The number of anilines is 1. The molecule has 1 aliphatic heterocycles. The molecule has 0 bridgehead atoms. The molecule has 0 saturated carbocycles. The van der Waals surface area contributed by atoms with Gasteiger partial charge in [0.25, 0.3) is 5.91 Å². The highest BCUT2D eigenvalue weighted by molar-refractivity contribution is 9.10. The zero-order chi connectivity index (χ0) is 16.3. The molecule has 1 amide bonds. The summed E-state index contributed by atoms with van der Waals surface area (Å²) >= 11 is 3.44. The van der Waals surface area contributed by atoms with Gasteiger partial charge in [-0.15, -0.1) is 0 Å². The van der Waals surface area contributed by atoms with Gasteiger partial charge >= 0.3 is 0 Å². The molecule has 0 radical (unpaired) electrons. The van der Waals surface area contributed by atoms with Crippen LogP contribution in [0.1, 0.15) is 22.4 Å². The van der Waals surface area contributed by atoms with Crippen molar-refractivity contribution in [2.24, 2.45) is 0 Å². The predicted octanol–water partition coefficient (Wildman–Crippen LogP) is 4.24. The van der Waals surface area contributed by atoms with Gasteiger partial charge < -0.3 is 5.32 Å². The van der Waals surface area contributed by atoms with Gasteiger partial charge in [0.05, 0.1) is 22.6 Å². The quantitative estimate of drug-likeness (QED) is 0.487. The van der Waals surface area contributed by atoms with Crippen molar-refractivity contribution in [3.05, 3.63) is 69.3 Å². The summed E-state index contributed by atoms with van der Waals surface area (Å²) in [6.45, 7) is 0. The van der Waals surface area contributed by atoms with E-state index in [-0.39, 0.29) is 5.91 Å². The molecule has 0 spiro atoms. The molecule has 24 heavy (non-hydrogen) atoms. The van der Waals surface area contributed by atoms with Crippen molar-refractivity contribution in [1.29, 1.82) is 0 Å². The third kappa shape index (κ3) is 1.91. The number of benzene rings is 2. The Bertz CT molecular complexity index is 1050. The van der Waals surface area contributed by atoms with Crippen molar-refractivity contribution < 1.29 is 4.79 Å². The number of amides is 1. The molecule has 1 aliphatic carbocycles. The van der Waals surface area contributed by atoms with Gasteiger partial charge in [-0.3, -0.25) is 9.89 Å². The number of carbonyl (C=O) groups excluding carboxylic acids is 1. The van der Waals surface area contributed by atoms with E-state index < -0.39 is 0 Å². The molecule has 5 rings (SSSR count). The maximum Gasteiger partial charge on any atom is 0.256 e. The van der Waals surface area contributed by atoms with Crippen LogP contribution in [-0.4, -0.2) is 16.1 Å². The molecule has 0 saturated heterocycles. The molecule has 0 fully saturated rings. The minimum absolute atomic E-state index is 0.0815. The Morgan fingerprint density at radius 1 is 1.12 bits per heavy atom. The summed E-state index contributed by atoms with van der Waals surface area (Å²) in [4.78, 5) is 12.4. The Hall–Kier alpha value is -2.66. The number of rotatable bonds is 1. The highest BCUT2D eigenvalue weighted by Gasteiger charge is 2.27. The average Bonchev–Trinajstić information content (AvgIpc) is 3.21. The molecule has 2 heterocycles. The molecular weight excluding hydrogens is 366 g/mol. The molecule has 2 N–H and O–H groups in total. The zero-order valence-electron chi connectivity index (χ0n) is 12.6. The van der Waals surface area contributed by atoms with Gasteiger partial charge in [-0.25, -0.2) is 0 Å². The fourth-order valence-electron chi connectivity index (χ4n) is 3.45. The number of hydrogen-bond acceptors (Lipinski definition) is 2. The first-order valence-corrected chi connectivity index (χ1v) is 8.48. The van der Waals surface area contributed by atoms with E-state index >= 15 is 0 Å². The summed E-state index contributed by atoms with van der Waals surface area (Å²) < 4.78 is 0.945. The number of H-pyrrole nitrogens is 1. The third-order valence-electron chi connectivity index (χ3n) is 4.59. The van der Waals surface area contributed by atoms with E-state index in [4.69, 9.17) is 0 Å². The molecule has 0 atom stereocenters. The van der Waals surface area contributed by atoms with Crippen LogP contribution in [0.4, 0.5) is 5.69 Å². The molecule has 4 nitrogen and oxygen atoms in total. The molecule has 3 aromatic rings. The van der Waals surface area contributed by atoms with Crippen LogP contribution in [-0.2, 0) is 11.2 Å². The Labute approximate surface area is 146 Å². The molecule has 0 unspecified atom stereocenters. The van der Waals surface area contributed by atoms with Gasteiger partial charge in [0.2, 0.25) is 0 Å². The summed E-state index contributed by atoms with van der Waals surface area (Å²) in [6, 6.07) is 14.1. The summed E-state index contributed by atoms with van der Waals surface area (Å²) in [6.07, 6.45) is 2.75. The molecule has 5 heteroatoms. The van der Waals surface area contributed by atoms with Crippen molar-refractivity contribution in [3.8, 4) is 11.3 Å². The number of aromatic amines is 1. The number of fused-ring (bicyclic) bond motifs is 4. The van der Waals surface area contributed by atoms with Crippen LogP contribution in [0.15, 0.2) is 46.9 Å². The minimum Gasteiger partial charge on any atom is -0.321 e. The first-order valence-electron chi connectivity index (χ1n) is 7.69. The van der Waals surface area contributed by atoms with Crippen LogP contribution in [0.5, 0.6) is 0 Å². The van der Waals surface area contributed by atoms with Gasteiger partial charge in [-0.1, -0.05) is 46.3 Å². The zero-order valence-corrected chi connectivity index (χ0v) is 14.1. The Morgan fingerprint density at radius 2 is 2.00 bits per heavy atom. The first kappa shape index (κ1) is 13.7. The molecular formula is C19H12BrN3O. The lowest BCUT2D eigenvalue weighted by molar-refractivity contribution is -0.110. The molecule has 2 aromatic carbocycles. The van der Waals surface area contributed by atoms with Crippen molar-refractivity contribution in [2.45, 2.75) is 6.42 Å². The highest BCUT2D eigenvalue weighted by atomic mass is 79.9. The number of carbonyl (C=O) groups is 1. The second kappa shape index (κ2) is 4.92. The van der Waals surface area contributed by atoms with E-state index in [1.165, 1.54) is 11.1 Å². The topological polar surface area (TPSA) is 57.8 Å². The molecule has 116 valence electrons. The van der Waals surface area contributed by atoms with E-state index in [9.17, 15) is 4.79 Å². The second-order valence-electron chi connectivity index (χ2n) is 6.00. The first-order chi connectivity index (χ1) is 11.7. The predicted molar refractivity (Wildman–Crippen MR) is 97.5 cm³/mol. The monoisotopic (exact) mass is 377 g/mol. The van der Waals surface area contributed by atoms with E-state index in [0.29, 0.717) is 5.57 Å². The van der Waals surface area contributed by atoms with Crippen LogP contribution in [0.25, 0.3) is 22.9 Å². The van der Waals surface area contributed by atoms with Crippen molar-refractivity contribution in [1.82, 2.24) is 10.2 Å².